The molecule has 306 valence electrons. The molecule has 13 heteroatoms. The van der Waals surface area contributed by atoms with E-state index in [1.54, 1.807) is 0 Å². The third kappa shape index (κ3) is 23.8. The van der Waals surface area contributed by atoms with Crippen LogP contribution in [0.15, 0.2) is 60.7 Å². The maximum atomic E-state index is 11.7. The van der Waals surface area contributed by atoms with Gasteiger partial charge in [-0.25, -0.2) is 19.2 Å². The van der Waals surface area contributed by atoms with Gasteiger partial charge in [0.2, 0.25) is 0 Å². The maximum Gasteiger partial charge on any atom is 0.408 e. The molecule has 0 fully saturated rings. The summed E-state index contributed by atoms with van der Waals surface area (Å²) in [5, 5.41) is 31.7. The topological polar surface area (TPSA) is 215 Å². The van der Waals surface area contributed by atoms with Gasteiger partial charge in [0, 0.05) is 0 Å². The molecule has 0 heterocycles. The minimum absolute atomic E-state index is 0. The number of carboxylic acids is 3. The number of aliphatic carboxylic acids is 3. The molecule has 0 saturated heterocycles. The number of hydrogen-bond donors (Lipinski definition) is 6. The Kier molecular flexibility index (Phi) is 24.2. The maximum absolute atomic E-state index is 11.7. The molecule has 2 amide bonds. The van der Waals surface area contributed by atoms with E-state index in [0.29, 0.717) is 19.3 Å². The fourth-order valence-corrected chi connectivity index (χ4v) is 4.44. The fourth-order valence-electron chi connectivity index (χ4n) is 4.44. The molecule has 0 spiro atoms. The third-order valence-electron chi connectivity index (χ3n) is 9.08. The number of rotatable bonds is 18. The van der Waals surface area contributed by atoms with E-state index in [1.807, 2.05) is 123 Å². The number of nitrogens with two attached hydrogens (primary N) is 1. The Morgan fingerprint density at radius 1 is 0.574 bits per heavy atom. The van der Waals surface area contributed by atoms with Gasteiger partial charge >= 0.3 is 30.1 Å². The summed E-state index contributed by atoms with van der Waals surface area (Å²) in [6.45, 7) is 18.2. The van der Waals surface area contributed by atoms with Gasteiger partial charge in [0.15, 0.2) is 0 Å². The van der Waals surface area contributed by atoms with E-state index in [2.05, 4.69) is 10.6 Å². The molecule has 0 radical (unpaired) electrons. The molecular weight excluding hydrogens is 694 g/mol. The second-order valence-electron chi connectivity index (χ2n) is 15.3. The molecule has 0 aliphatic rings. The van der Waals surface area contributed by atoms with Crippen LogP contribution in [0.3, 0.4) is 0 Å². The van der Waals surface area contributed by atoms with Crippen molar-refractivity contribution >= 4 is 30.1 Å². The first-order valence-electron chi connectivity index (χ1n) is 17.9. The van der Waals surface area contributed by atoms with Crippen LogP contribution in [0.2, 0.25) is 0 Å². The molecule has 0 aromatic heterocycles. The number of ether oxygens (including phenoxy) is 2. The van der Waals surface area contributed by atoms with Crippen molar-refractivity contribution in [2.45, 2.75) is 140 Å². The fraction of sp³-hybridized carbons (Fsp3) is 0.585. The van der Waals surface area contributed by atoms with Crippen LogP contribution in [0.5, 0.6) is 0 Å². The van der Waals surface area contributed by atoms with Crippen LogP contribution in [0, 0.1) is 16.2 Å². The van der Waals surface area contributed by atoms with Gasteiger partial charge in [-0.05, 0) is 46.6 Å². The van der Waals surface area contributed by atoms with E-state index in [9.17, 15) is 34.2 Å². The summed E-state index contributed by atoms with van der Waals surface area (Å²) in [4.78, 5) is 56.3. The Morgan fingerprint density at radius 2 is 0.870 bits per heavy atom. The average molecular weight is 762 g/mol. The highest BCUT2D eigenvalue weighted by atomic mass is 16.6. The summed E-state index contributed by atoms with van der Waals surface area (Å²) in [6.07, 6.45) is 2.46. The molecule has 2 aromatic carbocycles. The van der Waals surface area contributed by atoms with Gasteiger partial charge < -0.3 is 41.2 Å². The lowest BCUT2D eigenvalue weighted by atomic mass is 9.83. The number of carbonyl (C=O) groups is 5. The van der Waals surface area contributed by atoms with Crippen LogP contribution >= 0.6 is 0 Å². The Morgan fingerprint density at radius 3 is 1.13 bits per heavy atom. The predicted molar refractivity (Wildman–Crippen MR) is 211 cm³/mol. The Hall–Kier alpha value is -4.65. The normalized spacial score (nSPS) is 12.7. The Bertz CT molecular complexity index is 1310. The SMILES string of the molecule is C.CCC(C)(C)C[C@@H](NC(=O)OCc1ccccc1)C(=O)O.CCC(C)(C)C[C@H](N)C(=O)O.CCC(C)(C)C[C@H](NC(=O)OCc1ccccc1)C(=O)O. The zero-order valence-corrected chi connectivity index (χ0v) is 32.9. The van der Waals surface area contributed by atoms with Crippen LogP contribution in [0.4, 0.5) is 9.59 Å². The molecule has 13 nitrogen and oxygen atoms in total. The van der Waals surface area contributed by atoms with Crippen molar-refractivity contribution in [2.75, 3.05) is 0 Å². The first-order valence-corrected chi connectivity index (χ1v) is 17.9. The molecule has 7 N–H and O–H groups in total. The number of alkyl carbamates (subject to hydrolysis) is 2. The lowest BCUT2D eigenvalue weighted by Gasteiger charge is -2.26. The summed E-state index contributed by atoms with van der Waals surface area (Å²) in [6, 6.07) is 15.9. The lowest BCUT2D eigenvalue weighted by Crippen LogP contribution is -2.43. The zero-order valence-electron chi connectivity index (χ0n) is 32.9. The van der Waals surface area contributed by atoms with E-state index in [0.717, 1.165) is 30.4 Å². The smallest absolute Gasteiger partial charge is 0.408 e. The van der Waals surface area contributed by atoms with Crippen LogP contribution in [-0.4, -0.2) is 63.5 Å². The standard InChI is InChI=1S/2C16H23NO4.C8H17NO2.CH4/c2*1-4-16(2,3)10-13(14(18)19)17-15(20)21-11-12-8-6-5-7-9-12;1-4-8(2,3)5-6(9)7(10)11;/h2*5-9,13H,4,10-11H2,1-3H3,(H,17,20)(H,18,19);6H,4-5,9H2,1-3H3,(H,10,11);1H4/t2*13-;6-;/m100./s1. The first-order chi connectivity index (χ1) is 24.6. The zero-order chi connectivity index (χ0) is 40.8. The Balaban J connectivity index is 0. The highest BCUT2D eigenvalue weighted by Gasteiger charge is 2.29. The molecule has 0 unspecified atom stereocenters. The average Bonchev–Trinajstić information content (AvgIpc) is 3.10. The number of hydrogen-bond acceptors (Lipinski definition) is 8. The lowest BCUT2D eigenvalue weighted by molar-refractivity contribution is -0.141. The van der Waals surface area contributed by atoms with Gasteiger partial charge in [-0.15, -0.1) is 0 Å². The highest BCUT2D eigenvalue weighted by molar-refractivity contribution is 5.80. The summed E-state index contributed by atoms with van der Waals surface area (Å²) in [7, 11) is 0. The molecule has 0 aliphatic carbocycles. The number of carbonyl (C=O) groups excluding carboxylic acids is 2. The summed E-state index contributed by atoms with van der Waals surface area (Å²) in [5.41, 5.74) is 6.81. The molecule has 0 bridgehead atoms. The van der Waals surface area contributed by atoms with Gasteiger partial charge in [0.1, 0.15) is 31.3 Å². The minimum Gasteiger partial charge on any atom is -0.480 e. The van der Waals surface area contributed by atoms with Gasteiger partial charge in [-0.1, -0.05) is 150 Å². The van der Waals surface area contributed by atoms with E-state index < -0.39 is 48.2 Å². The quantitative estimate of drug-likeness (QED) is 0.0850. The largest absolute Gasteiger partial charge is 0.480 e. The van der Waals surface area contributed by atoms with Gasteiger partial charge in [-0.3, -0.25) is 4.79 Å². The summed E-state index contributed by atoms with van der Waals surface area (Å²) < 4.78 is 10.1. The molecule has 0 aliphatic heterocycles. The van der Waals surface area contributed by atoms with Crippen molar-refractivity contribution in [3.8, 4) is 0 Å². The van der Waals surface area contributed by atoms with Crippen molar-refractivity contribution in [3.05, 3.63) is 71.8 Å². The first kappa shape index (κ1) is 51.5. The molecular formula is C41H67N3O10. The third-order valence-corrected chi connectivity index (χ3v) is 9.08. The molecule has 2 rings (SSSR count). The van der Waals surface area contributed by atoms with Crippen LogP contribution in [0.1, 0.15) is 119 Å². The number of nitrogens with one attached hydrogen (secondary N) is 2. The van der Waals surface area contributed by atoms with E-state index >= 15 is 0 Å². The van der Waals surface area contributed by atoms with E-state index in [-0.39, 0.29) is 36.9 Å². The highest BCUT2D eigenvalue weighted by Crippen LogP contribution is 2.27. The van der Waals surface area contributed by atoms with Crippen LogP contribution in [0.25, 0.3) is 0 Å². The van der Waals surface area contributed by atoms with E-state index in [4.69, 9.17) is 20.3 Å². The summed E-state index contributed by atoms with van der Waals surface area (Å²) in [5.74, 6) is -3.01. The van der Waals surface area contributed by atoms with Crippen LogP contribution in [-0.2, 0) is 37.1 Å². The molecule has 2 aromatic rings. The minimum atomic E-state index is -1.05. The Labute approximate surface area is 322 Å². The number of benzene rings is 2. The molecule has 0 saturated carbocycles. The van der Waals surface area contributed by atoms with Gasteiger partial charge in [-0.2, -0.15) is 0 Å². The molecule has 3 atom stereocenters. The van der Waals surface area contributed by atoms with Crippen molar-refractivity contribution in [1.29, 1.82) is 0 Å². The van der Waals surface area contributed by atoms with Gasteiger partial charge in [0.25, 0.3) is 0 Å². The van der Waals surface area contributed by atoms with Crippen molar-refractivity contribution in [1.82, 2.24) is 10.6 Å². The van der Waals surface area contributed by atoms with Crippen molar-refractivity contribution in [2.24, 2.45) is 22.0 Å². The second kappa shape index (κ2) is 25.4. The monoisotopic (exact) mass is 761 g/mol. The van der Waals surface area contributed by atoms with Crippen LogP contribution < -0.4 is 16.4 Å². The number of carboxylic acid groups (broad SMARTS) is 3. The van der Waals surface area contributed by atoms with Crippen molar-refractivity contribution < 1.29 is 48.8 Å². The van der Waals surface area contributed by atoms with E-state index in [1.165, 1.54) is 0 Å². The van der Waals surface area contributed by atoms with Crippen molar-refractivity contribution in [3.63, 3.8) is 0 Å². The van der Waals surface area contributed by atoms with Gasteiger partial charge in [0.05, 0.1) is 0 Å². The predicted octanol–water partition coefficient (Wildman–Crippen LogP) is 8.25. The second-order valence-corrected chi connectivity index (χ2v) is 15.3. The molecule has 54 heavy (non-hydrogen) atoms. The summed E-state index contributed by atoms with van der Waals surface area (Å²) >= 11 is 0. The number of amides is 2.